The first-order valence-corrected chi connectivity index (χ1v) is 6.62. The molecule has 1 N–H and O–H groups in total. The zero-order chi connectivity index (χ0) is 13.4. The molecular formula is C14H23NO3. The van der Waals surface area contributed by atoms with Crippen LogP contribution in [0.5, 0.6) is 0 Å². The number of hydrogen-bond acceptors (Lipinski definition) is 3. The van der Waals surface area contributed by atoms with Crippen LogP contribution >= 0.6 is 0 Å². The quantitative estimate of drug-likeness (QED) is 0.583. The second-order valence-corrected chi connectivity index (χ2v) is 4.92. The topological polar surface area (TPSA) is 55.4 Å². The molecule has 102 valence electrons. The minimum Gasteiger partial charge on any atom is -0.469 e. The van der Waals surface area contributed by atoms with Gasteiger partial charge in [-0.15, -0.1) is 6.58 Å². The van der Waals surface area contributed by atoms with Crippen molar-refractivity contribution in [2.75, 3.05) is 7.11 Å². The van der Waals surface area contributed by atoms with Crippen LogP contribution in [-0.2, 0) is 14.3 Å². The number of allylic oxidation sites excluding steroid dienone is 1. The largest absolute Gasteiger partial charge is 0.469 e. The predicted molar refractivity (Wildman–Crippen MR) is 70.0 cm³/mol. The van der Waals surface area contributed by atoms with Gasteiger partial charge in [0.25, 0.3) is 0 Å². The van der Waals surface area contributed by atoms with E-state index in [1.807, 2.05) is 6.08 Å². The maximum Gasteiger partial charge on any atom is 0.305 e. The number of carbonyl (C=O) groups is 2. The third-order valence-corrected chi connectivity index (χ3v) is 3.37. The second-order valence-electron chi connectivity index (χ2n) is 4.92. The first-order valence-electron chi connectivity index (χ1n) is 6.62. The van der Waals surface area contributed by atoms with Gasteiger partial charge in [0.2, 0.25) is 5.91 Å². The molecule has 1 rings (SSSR count). The Balaban J connectivity index is 2.49. The van der Waals surface area contributed by atoms with Crippen LogP contribution < -0.4 is 5.32 Å². The van der Waals surface area contributed by atoms with Crippen LogP contribution in [-0.4, -0.2) is 25.0 Å². The molecule has 0 aromatic rings. The Labute approximate surface area is 109 Å². The van der Waals surface area contributed by atoms with Crippen molar-refractivity contribution >= 4 is 11.9 Å². The number of hydrogen-bond donors (Lipinski definition) is 1. The molecule has 1 amide bonds. The maximum atomic E-state index is 11.5. The summed E-state index contributed by atoms with van der Waals surface area (Å²) in [6.07, 6.45) is 7.49. The molecule has 0 aliphatic carbocycles. The lowest BCUT2D eigenvalue weighted by atomic mass is 9.91. The van der Waals surface area contributed by atoms with E-state index in [9.17, 15) is 9.59 Å². The van der Waals surface area contributed by atoms with Crippen LogP contribution in [0.4, 0.5) is 0 Å². The summed E-state index contributed by atoms with van der Waals surface area (Å²) in [7, 11) is 1.40. The van der Waals surface area contributed by atoms with Gasteiger partial charge in [-0.3, -0.25) is 9.59 Å². The highest BCUT2D eigenvalue weighted by molar-refractivity contribution is 5.76. The van der Waals surface area contributed by atoms with Crippen LogP contribution in [0.15, 0.2) is 12.7 Å². The van der Waals surface area contributed by atoms with E-state index in [1.54, 1.807) is 0 Å². The smallest absolute Gasteiger partial charge is 0.305 e. The van der Waals surface area contributed by atoms with Crippen molar-refractivity contribution in [1.29, 1.82) is 0 Å². The van der Waals surface area contributed by atoms with Gasteiger partial charge in [-0.2, -0.15) is 0 Å². The average Bonchev–Trinajstić information content (AvgIpc) is 2.53. The normalized spacial score (nSPS) is 21.6. The molecule has 0 aromatic carbocycles. The molecule has 1 heterocycles. The Bertz CT molecular complexity index is 301. The van der Waals surface area contributed by atoms with Crippen LogP contribution in [0, 0.1) is 5.92 Å². The summed E-state index contributed by atoms with van der Waals surface area (Å²) in [6.45, 7) is 3.72. The summed E-state index contributed by atoms with van der Waals surface area (Å²) < 4.78 is 4.70. The van der Waals surface area contributed by atoms with E-state index in [1.165, 1.54) is 7.11 Å². The molecule has 0 radical (unpaired) electrons. The summed E-state index contributed by atoms with van der Waals surface area (Å²) >= 11 is 0. The average molecular weight is 253 g/mol. The van der Waals surface area contributed by atoms with Crippen LogP contribution in [0.25, 0.3) is 0 Å². The highest BCUT2D eigenvalue weighted by Gasteiger charge is 2.22. The first-order chi connectivity index (χ1) is 8.65. The van der Waals surface area contributed by atoms with Crippen molar-refractivity contribution in [3.05, 3.63) is 12.7 Å². The Kier molecular flexibility index (Phi) is 6.47. The summed E-state index contributed by atoms with van der Waals surface area (Å²) in [6, 6.07) is 0.189. The summed E-state index contributed by atoms with van der Waals surface area (Å²) in [5.74, 6) is 0.146. The molecule has 4 heteroatoms. The zero-order valence-corrected chi connectivity index (χ0v) is 11.1. The summed E-state index contributed by atoms with van der Waals surface area (Å²) in [5, 5.41) is 3.03. The Morgan fingerprint density at radius 1 is 1.61 bits per heavy atom. The van der Waals surface area contributed by atoms with Crippen molar-refractivity contribution in [3.63, 3.8) is 0 Å². The van der Waals surface area contributed by atoms with Gasteiger partial charge in [-0.25, -0.2) is 0 Å². The molecule has 2 atom stereocenters. The number of carbonyl (C=O) groups excluding carboxylic acids is 2. The fourth-order valence-electron chi connectivity index (χ4n) is 2.45. The molecule has 1 saturated heterocycles. The van der Waals surface area contributed by atoms with E-state index < -0.39 is 0 Å². The van der Waals surface area contributed by atoms with E-state index in [4.69, 9.17) is 4.74 Å². The molecule has 0 bridgehead atoms. The van der Waals surface area contributed by atoms with E-state index in [-0.39, 0.29) is 23.8 Å². The third kappa shape index (κ3) is 5.34. The van der Waals surface area contributed by atoms with Gasteiger partial charge in [0.15, 0.2) is 0 Å². The predicted octanol–water partition coefficient (Wildman–Crippen LogP) is 2.19. The fourth-order valence-corrected chi connectivity index (χ4v) is 2.45. The second kappa shape index (κ2) is 7.90. The van der Waals surface area contributed by atoms with Crippen molar-refractivity contribution in [1.82, 2.24) is 5.32 Å². The lowest BCUT2D eigenvalue weighted by Gasteiger charge is -2.21. The Morgan fingerprint density at radius 3 is 3.06 bits per heavy atom. The molecule has 1 fully saturated rings. The number of esters is 1. The zero-order valence-electron chi connectivity index (χ0n) is 11.1. The molecule has 2 unspecified atom stereocenters. The summed E-state index contributed by atoms with van der Waals surface area (Å²) in [4.78, 5) is 22.8. The van der Waals surface area contributed by atoms with Gasteiger partial charge in [0.05, 0.1) is 7.11 Å². The number of nitrogens with one attached hydrogen (secondary N) is 1. The standard InChI is InChI=1S/C14H23NO3/c1-3-6-11(10-14(17)18-2)9-12-7-4-5-8-13(16)15-12/h3,11-12H,1,4-10H2,2H3,(H,15,16). The number of rotatable bonds is 6. The lowest BCUT2D eigenvalue weighted by molar-refractivity contribution is -0.141. The number of methoxy groups -OCH3 is 1. The molecule has 0 aromatic heterocycles. The van der Waals surface area contributed by atoms with Gasteiger partial charge in [0.1, 0.15) is 0 Å². The molecule has 1 aliphatic rings. The molecular weight excluding hydrogens is 230 g/mol. The molecule has 4 nitrogen and oxygen atoms in total. The SMILES string of the molecule is C=CCC(CC(=O)OC)CC1CCCCC(=O)N1. The molecule has 1 aliphatic heterocycles. The van der Waals surface area contributed by atoms with Crippen molar-refractivity contribution in [2.45, 2.75) is 51.0 Å². The van der Waals surface area contributed by atoms with Crippen LogP contribution in [0.1, 0.15) is 44.9 Å². The van der Waals surface area contributed by atoms with Gasteiger partial charge < -0.3 is 10.1 Å². The van der Waals surface area contributed by atoms with E-state index in [2.05, 4.69) is 11.9 Å². The van der Waals surface area contributed by atoms with Gasteiger partial charge in [-0.1, -0.05) is 12.5 Å². The molecule has 0 saturated carbocycles. The van der Waals surface area contributed by atoms with Crippen molar-refractivity contribution < 1.29 is 14.3 Å². The summed E-state index contributed by atoms with van der Waals surface area (Å²) in [5.41, 5.74) is 0. The Morgan fingerprint density at radius 2 is 2.39 bits per heavy atom. The molecule has 0 spiro atoms. The number of ether oxygens (including phenoxy) is 1. The maximum absolute atomic E-state index is 11.5. The van der Waals surface area contributed by atoms with Crippen LogP contribution in [0.2, 0.25) is 0 Å². The van der Waals surface area contributed by atoms with E-state index in [0.29, 0.717) is 12.8 Å². The third-order valence-electron chi connectivity index (χ3n) is 3.37. The minimum absolute atomic E-state index is 0.132. The Hall–Kier alpha value is -1.32. The van der Waals surface area contributed by atoms with Crippen molar-refractivity contribution in [2.24, 2.45) is 5.92 Å². The highest BCUT2D eigenvalue weighted by Crippen LogP contribution is 2.21. The monoisotopic (exact) mass is 253 g/mol. The first kappa shape index (κ1) is 14.7. The van der Waals surface area contributed by atoms with E-state index >= 15 is 0 Å². The molecule has 18 heavy (non-hydrogen) atoms. The minimum atomic E-state index is -0.193. The van der Waals surface area contributed by atoms with Crippen molar-refractivity contribution in [3.8, 4) is 0 Å². The van der Waals surface area contributed by atoms with Gasteiger partial charge in [0, 0.05) is 18.9 Å². The van der Waals surface area contributed by atoms with Crippen LogP contribution in [0.3, 0.4) is 0 Å². The number of amides is 1. The highest BCUT2D eigenvalue weighted by atomic mass is 16.5. The van der Waals surface area contributed by atoms with Gasteiger partial charge >= 0.3 is 5.97 Å². The fraction of sp³-hybridized carbons (Fsp3) is 0.714. The lowest BCUT2D eigenvalue weighted by Crippen LogP contribution is -2.34. The van der Waals surface area contributed by atoms with E-state index in [0.717, 1.165) is 32.1 Å². The van der Waals surface area contributed by atoms with Gasteiger partial charge in [-0.05, 0) is 31.6 Å².